The van der Waals surface area contributed by atoms with Crippen molar-refractivity contribution in [3.63, 3.8) is 0 Å². The van der Waals surface area contributed by atoms with Crippen LogP contribution >= 0.6 is 0 Å². The SMILES string of the molecule is CCOC(=O)CCc1ccc(COc2cccc3c2N(CC2CC2)CCC3)cc1F. The molecule has 0 saturated heterocycles. The topological polar surface area (TPSA) is 38.8 Å². The lowest BCUT2D eigenvalue weighted by Gasteiger charge is -2.33. The van der Waals surface area contributed by atoms with E-state index in [4.69, 9.17) is 9.47 Å². The molecule has 0 bridgehead atoms. The highest BCUT2D eigenvalue weighted by Crippen LogP contribution is 2.40. The summed E-state index contributed by atoms with van der Waals surface area (Å²) in [5, 5.41) is 0. The molecule has 2 aromatic rings. The number of aryl methyl sites for hydroxylation is 2. The molecule has 2 aliphatic rings. The lowest BCUT2D eigenvalue weighted by atomic mass is 10.0. The minimum Gasteiger partial charge on any atom is -0.487 e. The van der Waals surface area contributed by atoms with Gasteiger partial charge in [0.1, 0.15) is 18.2 Å². The maximum absolute atomic E-state index is 14.5. The molecule has 0 unspecified atom stereocenters. The Hall–Kier alpha value is -2.56. The van der Waals surface area contributed by atoms with Crippen LogP contribution in [0, 0.1) is 11.7 Å². The molecule has 1 saturated carbocycles. The first kappa shape index (κ1) is 20.7. The quantitative estimate of drug-likeness (QED) is 0.541. The number of halogens is 1. The molecule has 0 spiro atoms. The van der Waals surface area contributed by atoms with Crippen molar-refractivity contribution in [3.05, 3.63) is 58.9 Å². The number of carbonyl (C=O) groups is 1. The van der Waals surface area contributed by atoms with E-state index in [-0.39, 0.29) is 18.2 Å². The largest absolute Gasteiger partial charge is 0.487 e. The number of hydrogen-bond donors (Lipinski definition) is 0. The molecule has 0 amide bonds. The zero-order valence-corrected chi connectivity index (χ0v) is 17.7. The van der Waals surface area contributed by atoms with Crippen molar-refractivity contribution in [2.24, 2.45) is 5.92 Å². The average Bonchev–Trinajstić information content (AvgIpc) is 3.56. The Morgan fingerprint density at radius 1 is 1.23 bits per heavy atom. The van der Waals surface area contributed by atoms with Crippen LogP contribution in [0.1, 0.15) is 49.3 Å². The molecule has 0 radical (unpaired) electrons. The van der Waals surface area contributed by atoms with Crippen LogP contribution in [0.4, 0.5) is 10.1 Å². The molecule has 0 N–H and O–H groups in total. The van der Waals surface area contributed by atoms with Gasteiger partial charge in [0, 0.05) is 19.5 Å². The average molecular weight is 412 g/mol. The highest BCUT2D eigenvalue weighted by Gasteiger charge is 2.28. The van der Waals surface area contributed by atoms with Crippen LogP contribution < -0.4 is 9.64 Å². The number of benzene rings is 2. The Labute approximate surface area is 178 Å². The Balaban J connectivity index is 1.41. The van der Waals surface area contributed by atoms with Gasteiger partial charge in [-0.15, -0.1) is 0 Å². The molecule has 0 aromatic heterocycles. The summed E-state index contributed by atoms with van der Waals surface area (Å²) < 4.78 is 25.6. The normalized spacial score (nSPS) is 15.6. The zero-order valence-electron chi connectivity index (χ0n) is 17.7. The fraction of sp³-hybridized carbons (Fsp3) is 0.480. The molecule has 4 nitrogen and oxygen atoms in total. The number of nitrogens with zero attached hydrogens (tertiary/aromatic N) is 1. The summed E-state index contributed by atoms with van der Waals surface area (Å²) in [5.74, 6) is 1.11. The van der Waals surface area contributed by atoms with Gasteiger partial charge in [-0.25, -0.2) is 4.39 Å². The van der Waals surface area contributed by atoms with E-state index < -0.39 is 0 Å². The van der Waals surface area contributed by atoms with E-state index in [2.05, 4.69) is 11.0 Å². The van der Waals surface area contributed by atoms with Gasteiger partial charge in [-0.05, 0) is 73.8 Å². The Morgan fingerprint density at radius 2 is 2.10 bits per heavy atom. The minimum atomic E-state index is -0.300. The van der Waals surface area contributed by atoms with Gasteiger partial charge in [0.15, 0.2) is 0 Å². The summed E-state index contributed by atoms with van der Waals surface area (Å²) in [6, 6.07) is 11.4. The van der Waals surface area contributed by atoms with Gasteiger partial charge in [-0.3, -0.25) is 4.79 Å². The maximum atomic E-state index is 14.5. The van der Waals surface area contributed by atoms with E-state index in [1.54, 1.807) is 13.0 Å². The van der Waals surface area contributed by atoms with E-state index in [1.807, 2.05) is 18.2 Å². The van der Waals surface area contributed by atoms with Crippen LogP contribution in [-0.4, -0.2) is 25.7 Å². The number of para-hydroxylation sites is 1. The first-order chi connectivity index (χ1) is 14.6. The van der Waals surface area contributed by atoms with Gasteiger partial charge >= 0.3 is 5.97 Å². The van der Waals surface area contributed by atoms with Crippen molar-refractivity contribution < 1.29 is 18.7 Å². The Bertz CT molecular complexity index is 894. The summed E-state index contributed by atoms with van der Waals surface area (Å²) in [7, 11) is 0. The van der Waals surface area contributed by atoms with Crippen LogP contribution in [0.25, 0.3) is 0 Å². The molecular formula is C25H30FNO3. The molecule has 5 heteroatoms. The molecule has 4 rings (SSSR count). The highest BCUT2D eigenvalue weighted by atomic mass is 19.1. The molecule has 0 atom stereocenters. The van der Waals surface area contributed by atoms with Crippen LogP contribution in [-0.2, 0) is 29.0 Å². The molecule has 1 heterocycles. The predicted octanol–water partition coefficient (Wildman–Crippen LogP) is 5.06. The van der Waals surface area contributed by atoms with Gasteiger partial charge < -0.3 is 14.4 Å². The first-order valence-electron chi connectivity index (χ1n) is 11.1. The standard InChI is InChI=1S/C25H30FNO3/c1-2-29-24(28)13-12-20-11-10-19(15-22(20)26)17-30-23-7-3-5-21-6-4-14-27(25(21)23)16-18-8-9-18/h3,5,7,10-11,15,18H,2,4,6,8-9,12-14,16-17H2,1H3. The number of esters is 1. The Kier molecular flexibility index (Phi) is 6.56. The first-order valence-corrected chi connectivity index (χ1v) is 11.1. The zero-order chi connectivity index (χ0) is 20.9. The van der Waals surface area contributed by atoms with Gasteiger partial charge in [0.05, 0.1) is 12.3 Å². The van der Waals surface area contributed by atoms with E-state index in [1.165, 1.54) is 36.6 Å². The second-order valence-electron chi connectivity index (χ2n) is 8.28. The number of hydrogen-bond acceptors (Lipinski definition) is 4. The Morgan fingerprint density at radius 3 is 2.87 bits per heavy atom. The van der Waals surface area contributed by atoms with Crippen LogP contribution in [0.3, 0.4) is 0 Å². The van der Waals surface area contributed by atoms with Gasteiger partial charge in [0.25, 0.3) is 0 Å². The molecule has 2 aromatic carbocycles. The van der Waals surface area contributed by atoms with Crippen LogP contribution in [0.5, 0.6) is 5.75 Å². The molecule has 1 aliphatic carbocycles. The summed E-state index contributed by atoms with van der Waals surface area (Å²) in [6.45, 7) is 4.62. The maximum Gasteiger partial charge on any atom is 0.306 e. The summed E-state index contributed by atoms with van der Waals surface area (Å²) in [5.41, 5.74) is 3.89. The molecular weight excluding hydrogens is 381 g/mol. The van der Waals surface area contributed by atoms with Crippen molar-refractivity contribution in [1.29, 1.82) is 0 Å². The third-order valence-electron chi connectivity index (χ3n) is 5.86. The second-order valence-corrected chi connectivity index (χ2v) is 8.28. The third-order valence-corrected chi connectivity index (χ3v) is 5.86. The van der Waals surface area contributed by atoms with Crippen LogP contribution in [0.15, 0.2) is 36.4 Å². The second kappa shape index (κ2) is 9.50. The number of anilines is 1. The fourth-order valence-corrected chi connectivity index (χ4v) is 4.13. The monoisotopic (exact) mass is 411 g/mol. The summed E-state index contributed by atoms with van der Waals surface area (Å²) >= 11 is 0. The van der Waals surface area contributed by atoms with Gasteiger partial charge in [0.2, 0.25) is 0 Å². The van der Waals surface area contributed by atoms with E-state index in [9.17, 15) is 9.18 Å². The molecule has 160 valence electrons. The van der Waals surface area contributed by atoms with E-state index in [0.717, 1.165) is 36.7 Å². The van der Waals surface area contributed by atoms with Crippen molar-refractivity contribution >= 4 is 11.7 Å². The lowest BCUT2D eigenvalue weighted by Crippen LogP contribution is -2.31. The van der Waals surface area contributed by atoms with Crippen molar-refractivity contribution in [2.45, 2.75) is 52.1 Å². The molecule has 1 fully saturated rings. The van der Waals surface area contributed by atoms with Crippen molar-refractivity contribution in [1.82, 2.24) is 0 Å². The lowest BCUT2D eigenvalue weighted by molar-refractivity contribution is -0.143. The van der Waals surface area contributed by atoms with Gasteiger partial charge in [-0.2, -0.15) is 0 Å². The predicted molar refractivity (Wildman–Crippen MR) is 115 cm³/mol. The highest BCUT2D eigenvalue weighted by molar-refractivity contribution is 5.69. The van der Waals surface area contributed by atoms with Crippen molar-refractivity contribution in [3.8, 4) is 5.75 Å². The van der Waals surface area contributed by atoms with Crippen LogP contribution in [0.2, 0.25) is 0 Å². The van der Waals surface area contributed by atoms with E-state index >= 15 is 0 Å². The number of rotatable bonds is 9. The third kappa shape index (κ3) is 5.13. The summed E-state index contributed by atoms with van der Waals surface area (Å²) in [6.07, 6.45) is 5.45. The molecule has 30 heavy (non-hydrogen) atoms. The summed E-state index contributed by atoms with van der Waals surface area (Å²) in [4.78, 5) is 14.0. The van der Waals surface area contributed by atoms with Gasteiger partial charge in [-0.1, -0.05) is 24.3 Å². The fourth-order valence-electron chi connectivity index (χ4n) is 4.13. The number of ether oxygens (including phenoxy) is 2. The number of fused-ring (bicyclic) bond motifs is 1. The van der Waals surface area contributed by atoms with Crippen molar-refractivity contribution in [2.75, 3.05) is 24.6 Å². The number of carbonyl (C=O) groups excluding carboxylic acids is 1. The smallest absolute Gasteiger partial charge is 0.306 e. The minimum absolute atomic E-state index is 0.188. The van der Waals surface area contributed by atoms with E-state index in [0.29, 0.717) is 25.2 Å². The molecule has 1 aliphatic heterocycles.